The summed E-state index contributed by atoms with van der Waals surface area (Å²) >= 11 is 0. The van der Waals surface area contributed by atoms with Gasteiger partial charge in [-0.05, 0) is 51.7 Å². The Morgan fingerprint density at radius 3 is 2.67 bits per heavy atom. The summed E-state index contributed by atoms with van der Waals surface area (Å²) in [6.45, 7) is 9.79. The second-order valence-electron chi connectivity index (χ2n) is 6.76. The van der Waals surface area contributed by atoms with Crippen LogP contribution >= 0.6 is 0 Å². The van der Waals surface area contributed by atoms with E-state index in [0.717, 1.165) is 5.92 Å². The summed E-state index contributed by atoms with van der Waals surface area (Å²) in [5.41, 5.74) is 0.350. The lowest BCUT2D eigenvalue weighted by Crippen LogP contribution is -2.48. The first-order chi connectivity index (χ1) is 8.72. The van der Waals surface area contributed by atoms with Gasteiger partial charge in [0.15, 0.2) is 0 Å². The zero-order valence-corrected chi connectivity index (χ0v) is 12.5. The topological polar surface area (TPSA) is 15.3 Å². The van der Waals surface area contributed by atoms with Crippen molar-refractivity contribution >= 4 is 0 Å². The molecule has 106 valence electrons. The summed E-state index contributed by atoms with van der Waals surface area (Å²) in [5, 5.41) is 3.73. The minimum absolute atomic E-state index is 0.350. The van der Waals surface area contributed by atoms with Crippen molar-refractivity contribution in [1.29, 1.82) is 0 Å². The van der Waals surface area contributed by atoms with Gasteiger partial charge in [-0.1, -0.05) is 39.0 Å². The Labute approximate surface area is 114 Å². The van der Waals surface area contributed by atoms with Crippen LogP contribution in [0, 0.1) is 5.92 Å². The van der Waals surface area contributed by atoms with E-state index in [1.807, 2.05) is 0 Å². The zero-order chi connectivity index (χ0) is 12.8. The van der Waals surface area contributed by atoms with Gasteiger partial charge in [0.1, 0.15) is 0 Å². The zero-order valence-electron chi connectivity index (χ0n) is 12.5. The molecule has 2 rings (SSSR count). The highest BCUT2D eigenvalue weighted by atomic mass is 15.2. The molecule has 0 radical (unpaired) electrons. The molecule has 18 heavy (non-hydrogen) atoms. The summed E-state index contributed by atoms with van der Waals surface area (Å²) in [7, 11) is 0. The van der Waals surface area contributed by atoms with Crippen molar-refractivity contribution in [3.8, 4) is 0 Å². The monoisotopic (exact) mass is 252 g/mol. The summed E-state index contributed by atoms with van der Waals surface area (Å²) in [5.74, 6) is 1.03. The molecule has 2 nitrogen and oxygen atoms in total. The molecule has 0 amide bonds. The van der Waals surface area contributed by atoms with Gasteiger partial charge in [0, 0.05) is 12.1 Å². The predicted molar refractivity (Wildman–Crippen MR) is 78.9 cm³/mol. The van der Waals surface area contributed by atoms with Gasteiger partial charge in [0.2, 0.25) is 0 Å². The van der Waals surface area contributed by atoms with Crippen LogP contribution in [0.1, 0.15) is 65.2 Å². The van der Waals surface area contributed by atoms with Gasteiger partial charge in [-0.15, -0.1) is 0 Å². The first-order valence-corrected chi connectivity index (χ1v) is 8.19. The van der Waals surface area contributed by atoms with Crippen LogP contribution in [0.3, 0.4) is 0 Å². The fourth-order valence-electron chi connectivity index (χ4n) is 3.59. The highest BCUT2D eigenvalue weighted by molar-refractivity contribution is 4.88. The number of rotatable bonds is 4. The van der Waals surface area contributed by atoms with Crippen LogP contribution in [0.25, 0.3) is 0 Å². The lowest BCUT2D eigenvalue weighted by Gasteiger charge is -2.33. The lowest BCUT2D eigenvalue weighted by atomic mass is 9.87. The summed E-state index contributed by atoms with van der Waals surface area (Å²) in [4.78, 5) is 2.72. The van der Waals surface area contributed by atoms with E-state index in [0.29, 0.717) is 5.54 Å². The number of nitrogens with zero attached hydrogens (tertiary/aromatic N) is 1. The van der Waals surface area contributed by atoms with Gasteiger partial charge < -0.3 is 10.2 Å². The first kappa shape index (κ1) is 14.3. The number of nitrogens with one attached hydrogen (secondary N) is 1. The number of hydrogen-bond acceptors (Lipinski definition) is 2. The highest BCUT2D eigenvalue weighted by Crippen LogP contribution is 2.27. The van der Waals surface area contributed by atoms with Crippen molar-refractivity contribution in [3.05, 3.63) is 0 Å². The van der Waals surface area contributed by atoms with E-state index >= 15 is 0 Å². The van der Waals surface area contributed by atoms with Gasteiger partial charge in [0.05, 0.1) is 0 Å². The molecule has 0 aromatic rings. The predicted octanol–water partition coefficient (Wildman–Crippen LogP) is 3.42. The van der Waals surface area contributed by atoms with Crippen molar-refractivity contribution in [2.45, 2.75) is 70.8 Å². The third-order valence-electron chi connectivity index (χ3n) is 5.13. The Balaban J connectivity index is 1.76. The molecule has 1 heterocycles. The Bertz CT molecular complexity index is 235. The largest absolute Gasteiger partial charge is 0.310 e. The van der Waals surface area contributed by atoms with E-state index in [4.69, 9.17) is 0 Å². The fourth-order valence-corrected chi connectivity index (χ4v) is 3.59. The molecule has 0 aromatic carbocycles. The van der Waals surface area contributed by atoms with Crippen LogP contribution in [0.5, 0.6) is 0 Å². The highest BCUT2D eigenvalue weighted by Gasteiger charge is 2.27. The van der Waals surface area contributed by atoms with Crippen molar-refractivity contribution in [2.24, 2.45) is 5.92 Å². The van der Waals surface area contributed by atoms with Crippen molar-refractivity contribution < 1.29 is 0 Å². The molecule has 0 bridgehead atoms. The molecule has 1 aliphatic heterocycles. The normalized spacial score (nSPS) is 32.3. The van der Waals surface area contributed by atoms with Crippen molar-refractivity contribution in [2.75, 3.05) is 26.2 Å². The molecule has 2 aliphatic rings. The van der Waals surface area contributed by atoms with E-state index in [2.05, 4.69) is 24.1 Å². The third-order valence-corrected chi connectivity index (χ3v) is 5.13. The Hall–Kier alpha value is -0.0800. The van der Waals surface area contributed by atoms with Gasteiger partial charge in [-0.3, -0.25) is 0 Å². The summed E-state index contributed by atoms with van der Waals surface area (Å²) in [6, 6.07) is 0. The molecule has 0 aromatic heterocycles. The van der Waals surface area contributed by atoms with Gasteiger partial charge in [0.25, 0.3) is 0 Å². The van der Waals surface area contributed by atoms with Crippen LogP contribution in [0.4, 0.5) is 0 Å². The minimum Gasteiger partial charge on any atom is -0.310 e. The third kappa shape index (κ3) is 4.24. The maximum atomic E-state index is 3.73. The molecule has 1 aliphatic carbocycles. The minimum atomic E-state index is 0.350. The van der Waals surface area contributed by atoms with E-state index in [1.54, 1.807) is 0 Å². The molecule has 2 heteroatoms. The van der Waals surface area contributed by atoms with E-state index in [1.165, 1.54) is 77.5 Å². The molecule has 0 spiro atoms. The quantitative estimate of drug-likeness (QED) is 0.825. The first-order valence-electron chi connectivity index (χ1n) is 8.19. The Morgan fingerprint density at radius 2 is 1.94 bits per heavy atom. The van der Waals surface area contributed by atoms with E-state index in [9.17, 15) is 0 Å². The van der Waals surface area contributed by atoms with E-state index in [-0.39, 0.29) is 0 Å². The number of hydrogen-bond donors (Lipinski definition) is 1. The van der Waals surface area contributed by atoms with Crippen LogP contribution in [0.15, 0.2) is 0 Å². The Kier molecular flexibility index (Phi) is 5.50. The standard InChI is InChI=1S/C16H32N2/c1-3-16(2)14-18(12-7-11-17-16)13-10-15-8-5-4-6-9-15/h15,17H,3-14H2,1-2H3. The fraction of sp³-hybridized carbons (Fsp3) is 1.00. The molecule has 1 N–H and O–H groups in total. The van der Waals surface area contributed by atoms with Crippen LogP contribution in [-0.4, -0.2) is 36.6 Å². The van der Waals surface area contributed by atoms with E-state index < -0.39 is 0 Å². The molecule has 1 atom stereocenters. The van der Waals surface area contributed by atoms with Gasteiger partial charge in [-0.25, -0.2) is 0 Å². The van der Waals surface area contributed by atoms with Crippen LogP contribution < -0.4 is 5.32 Å². The maximum absolute atomic E-state index is 3.73. The Morgan fingerprint density at radius 1 is 1.17 bits per heavy atom. The molecule has 1 saturated heterocycles. The van der Waals surface area contributed by atoms with Crippen LogP contribution in [-0.2, 0) is 0 Å². The van der Waals surface area contributed by atoms with Crippen molar-refractivity contribution in [3.63, 3.8) is 0 Å². The SMILES string of the molecule is CCC1(C)CN(CCC2CCCCC2)CCCN1. The molecule has 1 saturated carbocycles. The lowest BCUT2D eigenvalue weighted by molar-refractivity contribution is 0.193. The average Bonchev–Trinajstić information content (AvgIpc) is 2.60. The summed E-state index contributed by atoms with van der Waals surface area (Å²) < 4.78 is 0. The summed E-state index contributed by atoms with van der Waals surface area (Å²) in [6.07, 6.45) is 11.5. The molecular formula is C16H32N2. The maximum Gasteiger partial charge on any atom is 0.0277 e. The molecule has 1 unspecified atom stereocenters. The average molecular weight is 252 g/mol. The molecule has 2 fully saturated rings. The smallest absolute Gasteiger partial charge is 0.0277 e. The second-order valence-corrected chi connectivity index (χ2v) is 6.76. The van der Waals surface area contributed by atoms with Crippen molar-refractivity contribution in [1.82, 2.24) is 10.2 Å². The van der Waals surface area contributed by atoms with Gasteiger partial charge >= 0.3 is 0 Å². The molecular weight excluding hydrogens is 220 g/mol. The second kappa shape index (κ2) is 6.91. The van der Waals surface area contributed by atoms with Crippen LogP contribution in [0.2, 0.25) is 0 Å². The van der Waals surface area contributed by atoms with Gasteiger partial charge in [-0.2, -0.15) is 0 Å².